The van der Waals surface area contributed by atoms with Crippen LogP contribution >= 0.6 is 0 Å². The largest absolute Gasteiger partial charge is 0.379 e. The fraction of sp³-hybridized carbons (Fsp3) is 0.458. The third-order valence-corrected chi connectivity index (χ3v) is 8.03. The molecule has 2 fully saturated rings. The van der Waals surface area contributed by atoms with Crippen molar-refractivity contribution in [1.29, 1.82) is 0 Å². The monoisotopic (exact) mass is 473 g/mol. The summed E-state index contributed by atoms with van der Waals surface area (Å²) in [6, 6.07) is 14.9. The minimum atomic E-state index is -3.78. The van der Waals surface area contributed by atoms with Crippen LogP contribution in [0.2, 0.25) is 0 Å². The molecule has 2 aromatic carbocycles. The Labute approximate surface area is 195 Å². The number of carbonyl (C=O) groups excluding carboxylic acids is 1. The molecular weight excluding hydrogens is 442 g/mol. The zero-order valence-corrected chi connectivity index (χ0v) is 19.7. The lowest BCUT2D eigenvalue weighted by Gasteiger charge is -2.32. The van der Waals surface area contributed by atoms with Crippen molar-refractivity contribution in [3.63, 3.8) is 0 Å². The fourth-order valence-electron chi connectivity index (χ4n) is 4.10. The van der Waals surface area contributed by atoms with E-state index in [0.29, 0.717) is 70.4 Å². The van der Waals surface area contributed by atoms with Crippen molar-refractivity contribution in [1.82, 2.24) is 9.62 Å². The maximum Gasteiger partial charge on any atom is 0.251 e. The van der Waals surface area contributed by atoms with Crippen molar-refractivity contribution in [2.24, 2.45) is 0 Å². The minimum Gasteiger partial charge on any atom is -0.379 e. The maximum absolute atomic E-state index is 13.6. The summed E-state index contributed by atoms with van der Waals surface area (Å²) >= 11 is 0. The highest BCUT2D eigenvalue weighted by Crippen LogP contribution is 2.30. The molecule has 0 aromatic heterocycles. The summed E-state index contributed by atoms with van der Waals surface area (Å²) in [6.07, 6.45) is 0. The van der Waals surface area contributed by atoms with Gasteiger partial charge in [-0.25, -0.2) is 8.42 Å². The van der Waals surface area contributed by atoms with Crippen molar-refractivity contribution in [3.05, 3.63) is 59.7 Å². The number of rotatable bonds is 7. The average molecular weight is 474 g/mol. The number of hydrogen-bond donors (Lipinski definition) is 1. The Bertz CT molecular complexity index is 1050. The fourth-order valence-corrected chi connectivity index (χ4v) is 5.75. The number of nitrogens with zero attached hydrogens (tertiary/aromatic N) is 2. The van der Waals surface area contributed by atoms with Gasteiger partial charge in [-0.1, -0.05) is 37.3 Å². The molecule has 0 saturated carbocycles. The van der Waals surface area contributed by atoms with E-state index in [4.69, 9.17) is 9.47 Å². The number of amides is 1. The predicted octanol–water partition coefficient (Wildman–Crippen LogP) is 2.08. The topological polar surface area (TPSA) is 88.2 Å². The number of ether oxygens (including phenoxy) is 2. The van der Waals surface area contributed by atoms with E-state index in [-0.39, 0.29) is 16.7 Å². The first kappa shape index (κ1) is 23.7. The molecule has 0 bridgehead atoms. The lowest BCUT2D eigenvalue weighted by atomic mass is 10.0. The highest BCUT2D eigenvalue weighted by atomic mass is 32.2. The molecule has 0 aliphatic carbocycles. The normalized spacial score (nSPS) is 18.6. The van der Waals surface area contributed by atoms with Crippen LogP contribution in [0.5, 0.6) is 0 Å². The molecule has 2 heterocycles. The molecule has 1 N–H and O–H groups in total. The van der Waals surface area contributed by atoms with Gasteiger partial charge in [0.25, 0.3) is 5.91 Å². The smallest absolute Gasteiger partial charge is 0.251 e. The molecule has 4 rings (SSSR count). The van der Waals surface area contributed by atoms with Gasteiger partial charge in [-0.2, -0.15) is 4.31 Å². The molecule has 1 amide bonds. The molecule has 8 nitrogen and oxygen atoms in total. The van der Waals surface area contributed by atoms with Gasteiger partial charge in [-0.15, -0.1) is 0 Å². The number of nitrogens with one attached hydrogen (secondary N) is 1. The minimum absolute atomic E-state index is 0.138. The second-order valence-electron chi connectivity index (χ2n) is 8.32. The van der Waals surface area contributed by atoms with E-state index < -0.39 is 10.0 Å². The van der Waals surface area contributed by atoms with E-state index in [2.05, 4.69) is 5.32 Å². The summed E-state index contributed by atoms with van der Waals surface area (Å²) in [5.74, 6) is -0.149. The highest BCUT2D eigenvalue weighted by Gasteiger charge is 2.31. The highest BCUT2D eigenvalue weighted by molar-refractivity contribution is 7.89. The Morgan fingerprint density at radius 2 is 1.61 bits per heavy atom. The number of benzene rings is 2. The lowest BCUT2D eigenvalue weighted by molar-refractivity contribution is 0.0730. The summed E-state index contributed by atoms with van der Waals surface area (Å²) in [6.45, 7) is 6.12. The van der Waals surface area contributed by atoms with Crippen LogP contribution in [0.1, 0.15) is 28.8 Å². The average Bonchev–Trinajstić information content (AvgIpc) is 2.88. The number of sulfonamides is 1. The molecule has 178 valence electrons. The van der Waals surface area contributed by atoms with Gasteiger partial charge in [-0.05, 0) is 29.7 Å². The Morgan fingerprint density at radius 3 is 2.27 bits per heavy atom. The second kappa shape index (κ2) is 10.6. The Hall–Kier alpha value is -2.46. The standard InChI is InChI=1S/C24H31N3O5S/c1-19(20-5-3-2-4-6-20)18-25-24(28)21-7-8-22(26-9-13-31-14-10-26)23(17-21)33(29,30)27-11-15-32-16-12-27/h2-8,17,19H,9-16,18H2,1H3,(H,25,28). The SMILES string of the molecule is CC(CNC(=O)c1ccc(N2CCOCC2)c(S(=O)(=O)N2CCOCC2)c1)c1ccccc1. The van der Waals surface area contributed by atoms with Crippen LogP contribution in [0.4, 0.5) is 5.69 Å². The first-order chi connectivity index (χ1) is 16.0. The van der Waals surface area contributed by atoms with Crippen molar-refractivity contribution in [2.75, 3.05) is 64.1 Å². The lowest BCUT2D eigenvalue weighted by Crippen LogP contribution is -2.42. The van der Waals surface area contributed by atoms with E-state index >= 15 is 0 Å². The molecule has 2 aliphatic rings. The van der Waals surface area contributed by atoms with Crippen molar-refractivity contribution in [3.8, 4) is 0 Å². The first-order valence-electron chi connectivity index (χ1n) is 11.3. The molecule has 1 atom stereocenters. The van der Waals surface area contributed by atoms with E-state index in [9.17, 15) is 13.2 Å². The Kier molecular flexibility index (Phi) is 7.64. The van der Waals surface area contributed by atoms with Gasteiger partial charge < -0.3 is 19.7 Å². The summed E-state index contributed by atoms with van der Waals surface area (Å²) in [5.41, 5.74) is 2.08. The molecule has 2 aromatic rings. The molecular formula is C24H31N3O5S. The summed E-state index contributed by atoms with van der Waals surface area (Å²) in [4.78, 5) is 15.1. The molecule has 0 spiro atoms. The molecule has 33 heavy (non-hydrogen) atoms. The first-order valence-corrected chi connectivity index (χ1v) is 12.8. The zero-order valence-electron chi connectivity index (χ0n) is 18.9. The van der Waals surface area contributed by atoms with Crippen LogP contribution in [0, 0.1) is 0 Å². The van der Waals surface area contributed by atoms with Crippen LogP contribution in [0.25, 0.3) is 0 Å². The number of hydrogen-bond acceptors (Lipinski definition) is 6. The summed E-state index contributed by atoms with van der Waals surface area (Å²) < 4.78 is 39.3. The Morgan fingerprint density at radius 1 is 0.970 bits per heavy atom. The van der Waals surface area contributed by atoms with Crippen LogP contribution in [0.15, 0.2) is 53.4 Å². The van der Waals surface area contributed by atoms with Crippen molar-refractivity contribution < 1.29 is 22.7 Å². The Balaban J connectivity index is 1.58. The van der Waals surface area contributed by atoms with E-state index in [1.54, 1.807) is 12.1 Å². The third kappa shape index (κ3) is 5.55. The predicted molar refractivity (Wildman–Crippen MR) is 126 cm³/mol. The van der Waals surface area contributed by atoms with E-state index in [0.717, 1.165) is 5.56 Å². The number of morpholine rings is 2. The van der Waals surface area contributed by atoms with Gasteiger partial charge in [-0.3, -0.25) is 4.79 Å². The van der Waals surface area contributed by atoms with Crippen molar-refractivity contribution >= 4 is 21.6 Å². The molecule has 2 aliphatic heterocycles. The molecule has 9 heteroatoms. The number of anilines is 1. The molecule has 1 unspecified atom stereocenters. The number of carbonyl (C=O) groups is 1. The van der Waals surface area contributed by atoms with Gasteiger partial charge >= 0.3 is 0 Å². The summed E-state index contributed by atoms with van der Waals surface area (Å²) in [7, 11) is -3.78. The van der Waals surface area contributed by atoms with Gasteiger partial charge in [0.05, 0.1) is 32.1 Å². The van der Waals surface area contributed by atoms with E-state index in [1.807, 2.05) is 42.2 Å². The molecule has 0 radical (unpaired) electrons. The van der Waals surface area contributed by atoms with Gasteiger partial charge in [0.2, 0.25) is 10.0 Å². The van der Waals surface area contributed by atoms with Crippen LogP contribution in [-0.4, -0.2) is 77.8 Å². The maximum atomic E-state index is 13.6. The third-order valence-electron chi connectivity index (χ3n) is 6.10. The van der Waals surface area contributed by atoms with Gasteiger partial charge in [0.1, 0.15) is 4.90 Å². The van der Waals surface area contributed by atoms with E-state index in [1.165, 1.54) is 10.4 Å². The van der Waals surface area contributed by atoms with Gasteiger partial charge in [0.15, 0.2) is 0 Å². The summed E-state index contributed by atoms with van der Waals surface area (Å²) in [5, 5.41) is 2.95. The van der Waals surface area contributed by atoms with Crippen LogP contribution in [0.3, 0.4) is 0 Å². The van der Waals surface area contributed by atoms with Gasteiger partial charge in [0, 0.05) is 38.3 Å². The van der Waals surface area contributed by atoms with Crippen LogP contribution in [-0.2, 0) is 19.5 Å². The zero-order chi connectivity index (χ0) is 23.3. The quantitative estimate of drug-likeness (QED) is 0.663. The van der Waals surface area contributed by atoms with Crippen molar-refractivity contribution in [2.45, 2.75) is 17.7 Å². The van der Waals surface area contributed by atoms with Crippen LogP contribution < -0.4 is 10.2 Å². The second-order valence-corrected chi connectivity index (χ2v) is 10.2. The molecule has 2 saturated heterocycles.